The quantitative estimate of drug-likeness (QED) is 0.690. The summed E-state index contributed by atoms with van der Waals surface area (Å²) in [6.07, 6.45) is 2.63. The van der Waals surface area contributed by atoms with E-state index in [0.29, 0.717) is 23.2 Å². The highest BCUT2D eigenvalue weighted by molar-refractivity contribution is 5.46. The van der Waals surface area contributed by atoms with Gasteiger partial charge < -0.3 is 5.73 Å². The molecule has 2 unspecified atom stereocenters. The molecule has 13 heavy (non-hydrogen) atoms. The molecule has 1 aliphatic rings. The maximum Gasteiger partial charge on any atom is 0.145 e. The maximum atomic E-state index is 8.61. The van der Waals surface area contributed by atoms with Crippen LogP contribution in [0.15, 0.2) is 6.20 Å². The molecule has 0 saturated heterocycles. The smallest absolute Gasteiger partial charge is 0.145 e. The van der Waals surface area contributed by atoms with Crippen LogP contribution >= 0.6 is 0 Å². The second-order valence-electron chi connectivity index (χ2n) is 3.46. The fraction of sp³-hybridized carbons (Fsp3) is 0.444. The number of anilines is 1. The monoisotopic (exact) mass is 174 g/mol. The molecule has 1 fully saturated rings. The molecule has 1 saturated carbocycles. The SMILES string of the molecule is CC1CC1c1ncc(C#N)c(N)n1. The van der Waals surface area contributed by atoms with Gasteiger partial charge in [0.15, 0.2) is 0 Å². The van der Waals surface area contributed by atoms with Gasteiger partial charge >= 0.3 is 0 Å². The molecule has 66 valence electrons. The number of aromatic nitrogens is 2. The van der Waals surface area contributed by atoms with E-state index in [1.165, 1.54) is 6.20 Å². The molecule has 1 aliphatic carbocycles. The highest BCUT2D eigenvalue weighted by Crippen LogP contribution is 2.45. The number of hydrogen-bond acceptors (Lipinski definition) is 4. The number of nitrogens with two attached hydrogens (primary N) is 1. The van der Waals surface area contributed by atoms with Gasteiger partial charge in [-0.15, -0.1) is 0 Å². The summed E-state index contributed by atoms with van der Waals surface area (Å²) < 4.78 is 0. The van der Waals surface area contributed by atoms with Crippen LogP contribution in [0.5, 0.6) is 0 Å². The summed E-state index contributed by atoms with van der Waals surface area (Å²) in [6, 6.07) is 1.94. The van der Waals surface area contributed by atoms with E-state index >= 15 is 0 Å². The summed E-state index contributed by atoms with van der Waals surface area (Å²) in [5.74, 6) is 2.19. The number of nitrogen functional groups attached to an aromatic ring is 1. The van der Waals surface area contributed by atoms with Crippen molar-refractivity contribution in [1.82, 2.24) is 9.97 Å². The Morgan fingerprint density at radius 2 is 2.38 bits per heavy atom. The third-order valence-corrected chi connectivity index (χ3v) is 2.40. The topological polar surface area (TPSA) is 75.6 Å². The maximum absolute atomic E-state index is 8.61. The largest absolute Gasteiger partial charge is 0.382 e. The van der Waals surface area contributed by atoms with Gasteiger partial charge in [0, 0.05) is 5.92 Å². The summed E-state index contributed by atoms with van der Waals surface area (Å²) in [7, 11) is 0. The van der Waals surface area contributed by atoms with Gasteiger partial charge in [0.05, 0.1) is 6.20 Å². The lowest BCUT2D eigenvalue weighted by Crippen LogP contribution is -2.01. The van der Waals surface area contributed by atoms with E-state index < -0.39 is 0 Å². The molecule has 2 N–H and O–H groups in total. The Hall–Kier alpha value is -1.63. The van der Waals surface area contributed by atoms with Crippen molar-refractivity contribution >= 4 is 5.82 Å². The number of rotatable bonds is 1. The zero-order chi connectivity index (χ0) is 9.42. The van der Waals surface area contributed by atoms with Gasteiger partial charge in [-0.25, -0.2) is 9.97 Å². The average molecular weight is 174 g/mol. The molecule has 0 aromatic carbocycles. The van der Waals surface area contributed by atoms with Crippen molar-refractivity contribution in [2.75, 3.05) is 5.73 Å². The van der Waals surface area contributed by atoms with Gasteiger partial charge in [-0.05, 0) is 12.3 Å². The van der Waals surface area contributed by atoms with Crippen LogP contribution in [-0.4, -0.2) is 9.97 Å². The highest BCUT2D eigenvalue weighted by atomic mass is 15.0. The van der Waals surface area contributed by atoms with E-state index in [1.54, 1.807) is 0 Å². The van der Waals surface area contributed by atoms with E-state index in [0.717, 1.165) is 12.2 Å². The molecule has 2 atom stereocenters. The van der Waals surface area contributed by atoms with E-state index in [-0.39, 0.29) is 0 Å². The van der Waals surface area contributed by atoms with E-state index in [4.69, 9.17) is 11.0 Å². The van der Waals surface area contributed by atoms with Gasteiger partial charge in [-0.1, -0.05) is 6.92 Å². The number of hydrogen-bond donors (Lipinski definition) is 1. The summed E-state index contributed by atoms with van der Waals surface area (Å²) in [5, 5.41) is 8.61. The summed E-state index contributed by atoms with van der Waals surface area (Å²) in [5.41, 5.74) is 5.93. The van der Waals surface area contributed by atoms with Crippen LogP contribution in [0.25, 0.3) is 0 Å². The first-order valence-corrected chi connectivity index (χ1v) is 4.25. The molecule has 0 aliphatic heterocycles. The van der Waals surface area contributed by atoms with Crippen molar-refractivity contribution in [3.8, 4) is 6.07 Å². The molecule has 0 radical (unpaired) electrons. The first kappa shape index (κ1) is 7.99. The molecule has 2 rings (SSSR count). The first-order valence-electron chi connectivity index (χ1n) is 4.25. The van der Waals surface area contributed by atoms with Crippen LogP contribution in [0.3, 0.4) is 0 Å². The Kier molecular flexibility index (Phi) is 1.66. The predicted octanol–water partition coefficient (Wildman–Crippen LogP) is 1.05. The van der Waals surface area contributed by atoms with E-state index in [1.807, 2.05) is 6.07 Å². The minimum atomic E-state index is 0.298. The Morgan fingerprint density at radius 1 is 1.69 bits per heavy atom. The molecule has 0 spiro atoms. The fourth-order valence-corrected chi connectivity index (χ4v) is 1.36. The molecular weight excluding hydrogens is 164 g/mol. The summed E-state index contributed by atoms with van der Waals surface area (Å²) in [6.45, 7) is 2.16. The normalized spacial score (nSPS) is 25.2. The van der Waals surface area contributed by atoms with E-state index in [9.17, 15) is 0 Å². The minimum Gasteiger partial charge on any atom is -0.382 e. The number of nitrogens with zero attached hydrogens (tertiary/aromatic N) is 3. The lowest BCUT2D eigenvalue weighted by atomic mass is 10.3. The van der Waals surface area contributed by atoms with Crippen LogP contribution in [0.1, 0.15) is 30.7 Å². The molecule has 4 heteroatoms. The molecule has 1 aromatic rings. The average Bonchev–Trinajstić information content (AvgIpc) is 2.82. The lowest BCUT2D eigenvalue weighted by Gasteiger charge is -1.99. The van der Waals surface area contributed by atoms with Crippen LogP contribution in [0.4, 0.5) is 5.82 Å². The Bertz CT molecular complexity index is 380. The van der Waals surface area contributed by atoms with Crippen LogP contribution in [0.2, 0.25) is 0 Å². The molecule has 0 amide bonds. The van der Waals surface area contributed by atoms with Crippen molar-refractivity contribution in [1.29, 1.82) is 5.26 Å². The zero-order valence-electron chi connectivity index (χ0n) is 7.36. The van der Waals surface area contributed by atoms with Crippen molar-refractivity contribution in [2.45, 2.75) is 19.3 Å². The second kappa shape index (κ2) is 2.70. The molecular formula is C9H10N4. The van der Waals surface area contributed by atoms with Crippen molar-refractivity contribution in [2.24, 2.45) is 5.92 Å². The van der Waals surface area contributed by atoms with E-state index in [2.05, 4.69) is 16.9 Å². The number of nitriles is 1. The molecule has 4 nitrogen and oxygen atoms in total. The van der Waals surface area contributed by atoms with Crippen molar-refractivity contribution in [3.63, 3.8) is 0 Å². The lowest BCUT2D eigenvalue weighted by molar-refractivity contribution is 0.843. The van der Waals surface area contributed by atoms with Crippen LogP contribution in [-0.2, 0) is 0 Å². The fourth-order valence-electron chi connectivity index (χ4n) is 1.36. The molecule has 0 bridgehead atoms. The summed E-state index contributed by atoms with van der Waals surface area (Å²) in [4.78, 5) is 8.21. The van der Waals surface area contributed by atoms with Gasteiger partial charge in [0.25, 0.3) is 0 Å². The Morgan fingerprint density at radius 3 is 2.85 bits per heavy atom. The van der Waals surface area contributed by atoms with Crippen LogP contribution < -0.4 is 5.73 Å². The minimum absolute atomic E-state index is 0.298. The zero-order valence-corrected chi connectivity index (χ0v) is 7.36. The third kappa shape index (κ3) is 1.33. The highest BCUT2D eigenvalue weighted by Gasteiger charge is 2.36. The van der Waals surface area contributed by atoms with Gasteiger partial charge in [-0.3, -0.25) is 0 Å². The van der Waals surface area contributed by atoms with Gasteiger partial charge in [0.2, 0.25) is 0 Å². The Balaban J connectivity index is 2.32. The standard InChI is InChI=1S/C9H10N4/c1-5-2-7(5)9-12-4-6(3-10)8(11)13-9/h4-5,7H,2H2,1H3,(H2,11,12,13). The van der Waals surface area contributed by atoms with Crippen LogP contribution in [0, 0.1) is 17.2 Å². The Labute approximate surface area is 76.4 Å². The molecule has 1 heterocycles. The molecule has 1 aromatic heterocycles. The van der Waals surface area contributed by atoms with Gasteiger partial charge in [-0.2, -0.15) is 5.26 Å². The third-order valence-electron chi connectivity index (χ3n) is 2.40. The van der Waals surface area contributed by atoms with Gasteiger partial charge in [0.1, 0.15) is 23.3 Å². The summed E-state index contributed by atoms with van der Waals surface area (Å²) >= 11 is 0. The predicted molar refractivity (Wildman–Crippen MR) is 47.7 cm³/mol. The second-order valence-corrected chi connectivity index (χ2v) is 3.46. The first-order chi connectivity index (χ1) is 6.22. The van der Waals surface area contributed by atoms with Crippen molar-refractivity contribution < 1.29 is 0 Å². The van der Waals surface area contributed by atoms with Crippen molar-refractivity contribution in [3.05, 3.63) is 17.6 Å².